The number of rotatable bonds is 4. The highest BCUT2D eigenvalue weighted by atomic mass is 79.9. The quantitative estimate of drug-likeness (QED) is 0.509. The molecule has 96 valence electrons. The number of phenols is 1. The lowest BCUT2D eigenvalue weighted by atomic mass is 10.1. The minimum Gasteiger partial charge on any atom is -0.508 e. The van der Waals surface area contributed by atoms with Gasteiger partial charge in [0, 0.05) is 28.0 Å². The number of ketones is 1. The molecule has 0 aliphatic carbocycles. The number of allylic oxidation sites excluding steroid dienone is 1. The van der Waals surface area contributed by atoms with Crippen molar-refractivity contribution in [2.45, 2.75) is 0 Å². The number of benzene rings is 2. The Morgan fingerprint density at radius 2 is 1.68 bits per heavy atom. The number of carbonyl (C=O) groups excluding carboxylic acids is 1. The maximum Gasteiger partial charge on any atom is 0.187 e. The fourth-order valence-corrected chi connectivity index (χ4v) is 1.75. The highest BCUT2D eigenvalue weighted by Crippen LogP contribution is 2.14. The van der Waals surface area contributed by atoms with Gasteiger partial charge in [0.25, 0.3) is 0 Å². The van der Waals surface area contributed by atoms with Crippen LogP contribution in [-0.2, 0) is 0 Å². The van der Waals surface area contributed by atoms with E-state index in [9.17, 15) is 4.79 Å². The molecule has 0 fully saturated rings. The smallest absolute Gasteiger partial charge is 0.187 e. The van der Waals surface area contributed by atoms with Crippen LogP contribution in [0.3, 0.4) is 0 Å². The van der Waals surface area contributed by atoms with E-state index in [0.717, 1.165) is 10.2 Å². The third-order valence-corrected chi connectivity index (χ3v) is 3.01. The van der Waals surface area contributed by atoms with Crippen LogP contribution >= 0.6 is 15.9 Å². The van der Waals surface area contributed by atoms with Crippen LogP contribution in [0.5, 0.6) is 5.75 Å². The van der Waals surface area contributed by atoms with Gasteiger partial charge in [-0.25, -0.2) is 0 Å². The lowest BCUT2D eigenvalue weighted by Gasteiger charge is -2.00. The molecule has 0 aliphatic rings. The predicted molar refractivity (Wildman–Crippen MR) is 79.3 cm³/mol. The van der Waals surface area contributed by atoms with Gasteiger partial charge < -0.3 is 10.4 Å². The molecule has 0 saturated heterocycles. The van der Waals surface area contributed by atoms with Gasteiger partial charge in [-0.1, -0.05) is 15.9 Å². The number of hydrogen-bond donors (Lipinski definition) is 2. The molecule has 0 radical (unpaired) electrons. The molecule has 0 saturated carbocycles. The second kappa shape index (κ2) is 6.20. The molecular weight excluding hydrogens is 306 g/mol. The maximum atomic E-state index is 11.8. The number of anilines is 1. The van der Waals surface area contributed by atoms with Crippen molar-refractivity contribution in [3.63, 3.8) is 0 Å². The number of halogens is 1. The van der Waals surface area contributed by atoms with Crippen LogP contribution in [0.15, 0.2) is 65.3 Å². The number of phenolic OH excluding ortho intramolecular Hbond substituents is 1. The molecule has 2 N–H and O–H groups in total. The summed E-state index contributed by atoms with van der Waals surface area (Å²) in [5, 5.41) is 12.1. The summed E-state index contributed by atoms with van der Waals surface area (Å²) in [5.41, 5.74) is 1.43. The summed E-state index contributed by atoms with van der Waals surface area (Å²) in [7, 11) is 0. The van der Waals surface area contributed by atoms with E-state index in [1.165, 1.54) is 6.08 Å². The van der Waals surface area contributed by atoms with Gasteiger partial charge in [0.15, 0.2) is 5.78 Å². The zero-order valence-corrected chi connectivity index (χ0v) is 11.6. The third-order valence-electron chi connectivity index (χ3n) is 2.48. The Balaban J connectivity index is 1.97. The van der Waals surface area contributed by atoms with Crippen LogP contribution in [0, 0.1) is 0 Å². The minimum atomic E-state index is -0.0706. The summed E-state index contributed by atoms with van der Waals surface area (Å²) in [5.74, 6) is 0.138. The highest BCUT2D eigenvalue weighted by Gasteiger charge is 2.00. The van der Waals surface area contributed by atoms with Gasteiger partial charge in [0.2, 0.25) is 0 Å². The second-order valence-corrected chi connectivity index (χ2v) is 4.81. The van der Waals surface area contributed by atoms with Crippen LogP contribution in [0.4, 0.5) is 5.69 Å². The fraction of sp³-hybridized carbons (Fsp3) is 0. The van der Waals surface area contributed by atoms with Crippen LogP contribution in [0.2, 0.25) is 0 Å². The average molecular weight is 318 g/mol. The van der Waals surface area contributed by atoms with Crippen molar-refractivity contribution in [1.82, 2.24) is 0 Å². The Bertz CT molecular complexity index is 589. The van der Waals surface area contributed by atoms with Gasteiger partial charge >= 0.3 is 0 Å². The molecule has 4 heteroatoms. The first-order chi connectivity index (χ1) is 9.15. The van der Waals surface area contributed by atoms with Crippen molar-refractivity contribution in [1.29, 1.82) is 0 Å². The van der Waals surface area contributed by atoms with Crippen molar-refractivity contribution in [2.24, 2.45) is 0 Å². The minimum absolute atomic E-state index is 0.0706. The molecule has 0 heterocycles. The zero-order valence-electron chi connectivity index (χ0n) is 10.0. The Hall–Kier alpha value is -2.07. The van der Waals surface area contributed by atoms with Gasteiger partial charge in [-0.05, 0) is 48.5 Å². The van der Waals surface area contributed by atoms with Gasteiger partial charge in [0.05, 0.1) is 0 Å². The Morgan fingerprint density at radius 3 is 2.32 bits per heavy atom. The van der Waals surface area contributed by atoms with Gasteiger partial charge in [-0.3, -0.25) is 4.79 Å². The molecule has 0 bridgehead atoms. The maximum absolute atomic E-state index is 11.8. The summed E-state index contributed by atoms with van der Waals surface area (Å²) in [4.78, 5) is 11.8. The topological polar surface area (TPSA) is 49.3 Å². The standard InChI is InChI=1S/C15H12BrNO2/c16-12-3-1-11(2-4-12)15(19)9-10-17-13-5-7-14(18)8-6-13/h1-10,17-18H. The van der Waals surface area contributed by atoms with Crippen LogP contribution in [0.1, 0.15) is 10.4 Å². The first kappa shape index (κ1) is 13.4. The van der Waals surface area contributed by atoms with E-state index in [-0.39, 0.29) is 11.5 Å². The van der Waals surface area contributed by atoms with Crippen LogP contribution < -0.4 is 5.32 Å². The summed E-state index contributed by atoms with van der Waals surface area (Å²) >= 11 is 3.32. The van der Waals surface area contributed by atoms with E-state index in [1.54, 1.807) is 42.6 Å². The van der Waals surface area contributed by atoms with Crippen LogP contribution in [0.25, 0.3) is 0 Å². The van der Waals surface area contributed by atoms with E-state index in [4.69, 9.17) is 5.11 Å². The molecular formula is C15H12BrNO2. The Morgan fingerprint density at radius 1 is 1.05 bits per heavy atom. The van der Waals surface area contributed by atoms with Crippen molar-refractivity contribution in [3.05, 3.63) is 70.8 Å². The summed E-state index contributed by atoms with van der Waals surface area (Å²) in [6.07, 6.45) is 3.05. The van der Waals surface area contributed by atoms with E-state index < -0.39 is 0 Å². The van der Waals surface area contributed by atoms with Gasteiger partial charge in [0.1, 0.15) is 5.75 Å². The molecule has 2 aromatic carbocycles. The molecule has 0 unspecified atom stereocenters. The summed E-state index contributed by atoms with van der Waals surface area (Å²) in [6, 6.07) is 13.8. The van der Waals surface area contributed by atoms with Crippen molar-refractivity contribution in [3.8, 4) is 5.75 Å². The molecule has 3 nitrogen and oxygen atoms in total. The van der Waals surface area contributed by atoms with E-state index in [0.29, 0.717) is 5.56 Å². The molecule has 0 amide bonds. The van der Waals surface area contributed by atoms with E-state index in [2.05, 4.69) is 21.2 Å². The first-order valence-corrected chi connectivity index (χ1v) is 6.46. The number of aromatic hydroxyl groups is 1. The predicted octanol–water partition coefficient (Wildman–Crippen LogP) is 3.96. The molecule has 0 atom stereocenters. The Labute approximate surface area is 119 Å². The summed E-state index contributed by atoms with van der Waals surface area (Å²) < 4.78 is 0.940. The van der Waals surface area contributed by atoms with Crippen LogP contribution in [-0.4, -0.2) is 10.9 Å². The fourth-order valence-electron chi connectivity index (χ4n) is 1.48. The Kier molecular flexibility index (Phi) is 4.36. The highest BCUT2D eigenvalue weighted by molar-refractivity contribution is 9.10. The molecule has 0 aliphatic heterocycles. The monoisotopic (exact) mass is 317 g/mol. The lowest BCUT2D eigenvalue weighted by Crippen LogP contribution is -1.95. The summed E-state index contributed by atoms with van der Waals surface area (Å²) in [6.45, 7) is 0. The number of carbonyl (C=O) groups is 1. The first-order valence-electron chi connectivity index (χ1n) is 5.67. The third kappa shape index (κ3) is 3.96. The van der Waals surface area contributed by atoms with Crippen molar-refractivity contribution >= 4 is 27.4 Å². The van der Waals surface area contributed by atoms with Gasteiger partial charge in [-0.2, -0.15) is 0 Å². The zero-order chi connectivity index (χ0) is 13.7. The SMILES string of the molecule is O=C(C=CNc1ccc(O)cc1)c1ccc(Br)cc1. The second-order valence-electron chi connectivity index (χ2n) is 3.90. The molecule has 2 aromatic rings. The molecule has 2 rings (SSSR count). The lowest BCUT2D eigenvalue weighted by molar-refractivity contribution is 0.104. The van der Waals surface area contributed by atoms with Crippen molar-refractivity contribution in [2.75, 3.05) is 5.32 Å². The number of hydrogen-bond acceptors (Lipinski definition) is 3. The average Bonchev–Trinajstić information content (AvgIpc) is 2.41. The van der Waals surface area contributed by atoms with Gasteiger partial charge in [-0.15, -0.1) is 0 Å². The number of nitrogens with one attached hydrogen (secondary N) is 1. The van der Waals surface area contributed by atoms with Crippen molar-refractivity contribution < 1.29 is 9.90 Å². The normalized spacial score (nSPS) is 10.6. The molecule has 19 heavy (non-hydrogen) atoms. The largest absolute Gasteiger partial charge is 0.508 e. The molecule has 0 spiro atoms. The van der Waals surface area contributed by atoms with E-state index >= 15 is 0 Å². The molecule has 0 aromatic heterocycles. The van der Waals surface area contributed by atoms with E-state index in [1.807, 2.05) is 12.1 Å².